The molecule has 5 rings (SSSR count). The number of hydrogen-bond donors (Lipinski definition) is 3. The number of amides is 2. The zero-order valence-electron chi connectivity index (χ0n) is 20.7. The Balaban J connectivity index is 1.27. The highest BCUT2D eigenvalue weighted by Gasteiger charge is 2.23. The van der Waals surface area contributed by atoms with Crippen LogP contribution >= 0.6 is 0 Å². The molecule has 1 fully saturated rings. The lowest BCUT2D eigenvalue weighted by molar-refractivity contribution is -0.131. The lowest BCUT2D eigenvalue weighted by atomic mass is 9.95. The van der Waals surface area contributed by atoms with Crippen LogP contribution in [-0.2, 0) is 9.59 Å². The van der Waals surface area contributed by atoms with Crippen LogP contribution in [0.4, 0.5) is 5.69 Å². The van der Waals surface area contributed by atoms with Gasteiger partial charge >= 0.3 is 5.97 Å². The second kappa shape index (κ2) is 11.2. The number of imidazole rings is 1. The molecule has 2 aromatic heterocycles. The first-order valence-corrected chi connectivity index (χ1v) is 12.6. The highest BCUT2D eigenvalue weighted by Crippen LogP contribution is 2.36. The fraction of sp³-hybridized carbons (Fsp3) is 0.241. The van der Waals surface area contributed by atoms with Gasteiger partial charge in [-0.25, -0.2) is 9.78 Å². The fourth-order valence-electron chi connectivity index (χ4n) is 4.86. The van der Waals surface area contributed by atoms with Crippen molar-refractivity contribution in [3.8, 4) is 11.4 Å². The number of nitrogens with one attached hydrogen (secondary N) is 2. The molecule has 2 aromatic carbocycles. The summed E-state index contributed by atoms with van der Waals surface area (Å²) in [5, 5.41) is 14.1. The second-order valence-corrected chi connectivity index (χ2v) is 9.34. The number of hydrogen-bond acceptors (Lipinski definition) is 5. The standard InChI is InChI=1S/C29H28N4O5/c34-26(31-22-10-6-19(7-11-22)8-13-27(35)36)17-30-29(37)20-9-12-25-24(16-20)32-28(21-14-15-38-18-21)33(25)23-4-2-1-3-5-23/h6-16,18,23H,1-5,17H2,(H,30,37)(H,31,34)(H,35,36)/b13-8+. The van der Waals surface area contributed by atoms with Gasteiger partial charge in [-0.15, -0.1) is 0 Å². The van der Waals surface area contributed by atoms with E-state index in [2.05, 4.69) is 15.2 Å². The summed E-state index contributed by atoms with van der Waals surface area (Å²) < 4.78 is 7.59. The van der Waals surface area contributed by atoms with Crippen LogP contribution < -0.4 is 10.6 Å². The van der Waals surface area contributed by atoms with E-state index in [0.717, 1.165) is 41.3 Å². The van der Waals surface area contributed by atoms with Gasteiger partial charge in [-0.05, 0) is 60.9 Å². The molecule has 0 spiro atoms. The number of furan rings is 1. The topological polar surface area (TPSA) is 126 Å². The van der Waals surface area contributed by atoms with E-state index >= 15 is 0 Å². The Kier molecular flexibility index (Phi) is 7.35. The van der Waals surface area contributed by atoms with Gasteiger partial charge in [-0.1, -0.05) is 31.4 Å². The van der Waals surface area contributed by atoms with Crippen LogP contribution in [0, 0.1) is 0 Å². The number of carbonyl (C=O) groups is 3. The molecule has 3 N–H and O–H groups in total. The number of aliphatic carboxylic acids is 1. The number of benzene rings is 2. The number of carboxylic acid groups (broad SMARTS) is 1. The number of fused-ring (bicyclic) bond motifs is 1. The van der Waals surface area contributed by atoms with Crippen molar-refractivity contribution in [1.29, 1.82) is 0 Å². The van der Waals surface area contributed by atoms with Crippen LogP contribution in [0.15, 0.2) is 71.6 Å². The Bertz CT molecular complexity index is 1480. The summed E-state index contributed by atoms with van der Waals surface area (Å²) in [5.74, 6) is -0.944. The third-order valence-corrected chi connectivity index (χ3v) is 6.69. The van der Waals surface area contributed by atoms with Gasteiger partial charge in [0.15, 0.2) is 0 Å². The average Bonchev–Trinajstić information content (AvgIpc) is 3.59. The van der Waals surface area contributed by atoms with Crippen molar-refractivity contribution in [2.75, 3.05) is 11.9 Å². The minimum Gasteiger partial charge on any atom is -0.478 e. The molecule has 0 unspecified atom stereocenters. The molecule has 0 aliphatic heterocycles. The molecule has 1 aliphatic carbocycles. The monoisotopic (exact) mass is 512 g/mol. The predicted molar refractivity (Wildman–Crippen MR) is 144 cm³/mol. The maximum Gasteiger partial charge on any atom is 0.328 e. The number of carboxylic acids is 1. The Hall–Kier alpha value is -4.66. The van der Waals surface area contributed by atoms with E-state index < -0.39 is 5.97 Å². The summed E-state index contributed by atoms with van der Waals surface area (Å²) in [7, 11) is 0. The number of aromatic nitrogens is 2. The molecule has 9 heteroatoms. The zero-order valence-corrected chi connectivity index (χ0v) is 20.7. The van der Waals surface area contributed by atoms with Gasteiger partial charge in [0.05, 0.1) is 29.4 Å². The maximum absolute atomic E-state index is 12.8. The number of anilines is 1. The largest absolute Gasteiger partial charge is 0.478 e. The van der Waals surface area contributed by atoms with Crippen molar-refractivity contribution in [1.82, 2.24) is 14.9 Å². The fourth-order valence-corrected chi connectivity index (χ4v) is 4.86. The van der Waals surface area contributed by atoms with Crippen molar-refractivity contribution in [3.63, 3.8) is 0 Å². The number of rotatable bonds is 8. The summed E-state index contributed by atoms with van der Waals surface area (Å²) >= 11 is 0. The van der Waals surface area contributed by atoms with Crippen LogP contribution in [0.2, 0.25) is 0 Å². The summed E-state index contributed by atoms with van der Waals surface area (Å²) in [5.41, 5.74) is 4.26. The molecular formula is C29H28N4O5. The SMILES string of the molecule is O=C(O)/C=C/c1ccc(NC(=O)CNC(=O)c2ccc3c(c2)nc(-c2ccoc2)n3C2CCCCC2)cc1. The predicted octanol–water partition coefficient (Wildman–Crippen LogP) is 5.27. The summed E-state index contributed by atoms with van der Waals surface area (Å²) in [6, 6.07) is 14.4. The van der Waals surface area contributed by atoms with Gasteiger partial charge in [0, 0.05) is 23.4 Å². The molecule has 2 amide bonds. The van der Waals surface area contributed by atoms with Gasteiger partial charge in [0.2, 0.25) is 5.91 Å². The van der Waals surface area contributed by atoms with Crippen molar-refractivity contribution >= 4 is 40.6 Å². The molecule has 0 saturated heterocycles. The van der Waals surface area contributed by atoms with Crippen LogP contribution in [0.25, 0.3) is 28.5 Å². The van der Waals surface area contributed by atoms with Crippen LogP contribution in [0.1, 0.15) is 54.1 Å². The lowest BCUT2D eigenvalue weighted by Gasteiger charge is -2.25. The summed E-state index contributed by atoms with van der Waals surface area (Å²) in [4.78, 5) is 40.7. The first kappa shape index (κ1) is 25.0. The summed E-state index contributed by atoms with van der Waals surface area (Å²) in [6.07, 6.45) is 11.6. The van der Waals surface area contributed by atoms with Gasteiger partial charge < -0.3 is 24.7 Å². The molecule has 194 valence electrons. The molecule has 9 nitrogen and oxygen atoms in total. The molecule has 4 aromatic rings. The number of carbonyl (C=O) groups excluding carboxylic acids is 2. The molecule has 0 radical (unpaired) electrons. The first-order chi connectivity index (χ1) is 18.5. The Labute approximate surface area is 219 Å². The Morgan fingerprint density at radius 1 is 1.05 bits per heavy atom. The smallest absolute Gasteiger partial charge is 0.328 e. The molecule has 0 atom stereocenters. The van der Waals surface area contributed by atoms with E-state index in [1.807, 2.05) is 12.1 Å². The minimum atomic E-state index is -1.03. The molecule has 38 heavy (non-hydrogen) atoms. The maximum atomic E-state index is 12.8. The second-order valence-electron chi connectivity index (χ2n) is 9.34. The molecular weight excluding hydrogens is 484 g/mol. The van der Waals surface area contributed by atoms with Crippen molar-refractivity contribution in [3.05, 3.63) is 78.3 Å². The van der Waals surface area contributed by atoms with Crippen LogP contribution in [0.3, 0.4) is 0 Å². The van der Waals surface area contributed by atoms with Gasteiger partial charge in [0.25, 0.3) is 5.91 Å². The quantitative estimate of drug-likeness (QED) is 0.276. The van der Waals surface area contributed by atoms with Crippen molar-refractivity contribution in [2.24, 2.45) is 0 Å². The van der Waals surface area contributed by atoms with Gasteiger partial charge in [-0.2, -0.15) is 0 Å². The van der Waals surface area contributed by atoms with E-state index in [9.17, 15) is 14.4 Å². The van der Waals surface area contributed by atoms with Gasteiger partial charge in [0.1, 0.15) is 12.1 Å². The average molecular weight is 513 g/mol. The molecule has 2 heterocycles. The third kappa shape index (κ3) is 5.67. The minimum absolute atomic E-state index is 0.200. The van der Waals surface area contributed by atoms with Crippen molar-refractivity contribution < 1.29 is 23.9 Å². The van der Waals surface area contributed by atoms with Crippen LogP contribution in [-0.4, -0.2) is 39.0 Å². The number of nitrogens with zero attached hydrogens (tertiary/aromatic N) is 2. The normalized spacial score (nSPS) is 14.1. The zero-order chi connectivity index (χ0) is 26.5. The lowest BCUT2D eigenvalue weighted by Crippen LogP contribution is -2.32. The van der Waals surface area contributed by atoms with Crippen LogP contribution in [0.5, 0.6) is 0 Å². The molecule has 1 aliphatic rings. The van der Waals surface area contributed by atoms with E-state index in [4.69, 9.17) is 14.5 Å². The van der Waals surface area contributed by atoms with E-state index in [1.54, 1.807) is 48.9 Å². The van der Waals surface area contributed by atoms with Gasteiger partial charge in [-0.3, -0.25) is 9.59 Å². The molecule has 0 bridgehead atoms. The summed E-state index contributed by atoms with van der Waals surface area (Å²) in [6.45, 7) is -0.200. The highest BCUT2D eigenvalue weighted by molar-refractivity contribution is 6.01. The van der Waals surface area contributed by atoms with Crippen molar-refractivity contribution in [2.45, 2.75) is 38.1 Å². The van der Waals surface area contributed by atoms with E-state index in [0.29, 0.717) is 22.9 Å². The third-order valence-electron chi connectivity index (χ3n) is 6.69. The Morgan fingerprint density at radius 2 is 1.84 bits per heavy atom. The van der Waals surface area contributed by atoms with E-state index in [1.165, 1.54) is 25.3 Å². The Morgan fingerprint density at radius 3 is 2.55 bits per heavy atom. The van der Waals surface area contributed by atoms with E-state index in [-0.39, 0.29) is 18.4 Å². The first-order valence-electron chi connectivity index (χ1n) is 12.6. The highest BCUT2D eigenvalue weighted by atomic mass is 16.4. The molecule has 1 saturated carbocycles.